The van der Waals surface area contributed by atoms with Crippen molar-refractivity contribution in [3.8, 4) is 5.75 Å². The molecule has 0 aliphatic carbocycles. The number of amides is 1. The van der Waals surface area contributed by atoms with Gasteiger partial charge in [-0.1, -0.05) is 36.4 Å². The Labute approximate surface area is 137 Å². The van der Waals surface area contributed by atoms with Crippen LogP contribution in [0.2, 0.25) is 0 Å². The Balaban J connectivity index is 1.54. The number of carbonyl (C=O) groups excluding carboxylic acids is 1. The highest BCUT2D eigenvalue weighted by Crippen LogP contribution is 2.17. The van der Waals surface area contributed by atoms with Crippen LogP contribution in [0.15, 0.2) is 60.7 Å². The summed E-state index contributed by atoms with van der Waals surface area (Å²) in [6.07, 6.45) is -0.458. The van der Waals surface area contributed by atoms with Gasteiger partial charge >= 0.3 is 0 Å². The lowest BCUT2D eigenvalue weighted by atomic mass is 10.2. The van der Waals surface area contributed by atoms with Gasteiger partial charge in [-0.05, 0) is 31.2 Å². The highest BCUT2D eigenvalue weighted by molar-refractivity contribution is 5.81. The zero-order chi connectivity index (χ0) is 16.1. The van der Waals surface area contributed by atoms with E-state index in [0.29, 0.717) is 0 Å². The average Bonchev–Trinajstić information content (AvgIpc) is 2.63. The molecule has 0 bridgehead atoms. The van der Waals surface area contributed by atoms with Crippen LogP contribution in [-0.4, -0.2) is 43.1 Å². The van der Waals surface area contributed by atoms with Crippen LogP contribution in [0, 0.1) is 0 Å². The lowest BCUT2D eigenvalue weighted by Crippen LogP contribution is -2.52. The van der Waals surface area contributed by atoms with E-state index >= 15 is 0 Å². The van der Waals surface area contributed by atoms with Crippen molar-refractivity contribution in [3.05, 3.63) is 60.7 Å². The van der Waals surface area contributed by atoms with E-state index in [1.807, 2.05) is 60.4 Å². The summed E-state index contributed by atoms with van der Waals surface area (Å²) in [6, 6.07) is 19.8. The van der Waals surface area contributed by atoms with Crippen LogP contribution >= 0.6 is 0 Å². The molecule has 0 spiro atoms. The molecule has 2 aromatic carbocycles. The zero-order valence-electron chi connectivity index (χ0n) is 13.4. The Morgan fingerprint density at radius 3 is 2.09 bits per heavy atom. The number of hydrogen-bond acceptors (Lipinski definition) is 3. The predicted molar refractivity (Wildman–Crippen MR) is 91.8 cm³/mol. The van der Waals surface area contributed by atoms with Crippen LogP contribution in [0.25, 0.3) is 0 Å². The minimum atomic E-state index is -0.458. The summed E-state index contributed by atoms with van der Waals surface area (Å²) >= 11 is 0. The second-order valence-corrected chi connectivity index (χ2v) is 5.72. The van der Waals surface area contributed by atoms with E-state index in [2.05, 4.69) is 17.0 Å². The second-order valence-electron chi connectivity index (χ2n) is 5.72. The van der Waals surface area contributed by atoms with Crippen LogP contribution in [0.5, 0.6) is 5.75 Å². The molecule has 1 amide bonds. The number of piperazine rings is 1. The van der Waals surface area contributed by atoms with Crippen molar-refractivity contribution in [3.63, 3.8) is 0 Å². The van der Waals surface area contributed by atoms with Crippen molar-refractivity contribution >= 4 is 11.6 Å². The number of rotatable bonds is 4. The summed E-state index contributed by atoms with van der Waals surface area (Å²) in [4.78, 5) is 16.7. The first-order valence-corrected chi connectivity index (χ1v) is 8.04. The Kier molecular flexibility index (Phi) is 4.81. The molecular weight excluding hydrogens is 288 g/mol. The van der Waals surface area contributed by atoms with E-state index in [1.165, 1.54) is 5.69 Å². The van der Waals surface area contributed by atoms with Crippen molar-refractivity contribution < 1.29 is 9.53 Å². The van der Waals surface area contributed by atoms with Crippen molar-refractivity contribution in [1.82, 2.24) is 4.90 Å². The molecule has 4 nitrogen and oxygen atoms in total. The van der Waals surface area contributed by atoms with Gasteiger partial charge in [0.1, 0.15) is 5.75 Å². The first kappa shape index (κ1) is 15.4. The maximum absolute atomic E-state index is 12.5. The highest BCUT2D eigenvalue weighted by Gasteiger charge is 2.26. The molecule has 1 aliphatic rings. The van der Waals surface area contributed by atoms with Crippen molar-refractivity contribution in [1.29, 1.82) is 0 Å². The zero-order valence-corrected chi connectivity index (χ0v) is 13.4. The Bertz CT molecular complexity index is 622. The quantitative estimate of drug-likeness (QED) is 0.870. The fourth-order valence-corrected chi connectivity index (χ4v) is 2.83. The van der Waals surface area contributed by atoms with Gasteiger partial charge in [0.15, 0.2) is 6.10 Å². The van der Waals surface area contributed by atoms with E-state index in [4.69, 9.17) is 4.74 Å². The molecule has 1 heterocycles. The summed E-state index contributed by atoms with van der Waals surface area (Å²) in [5.41, 5.74) is 1.22. The van der Waals surface area contributed by atoms with E-state index in [9.17, 15) is 4.79 Å². The predicted octanol–water partition coefficient (Wildman–Crippen LogP) is 2.80. The normalized spacial score (nSPS) is 16.0. The monoisotopic (exact) mass is 310 g/mol. The van der Waals surface area contributed by atoms with Gasteiger partial charge < -0.3 is 14.5 Å². The number of benzene rings is 2. The van der Waals surface area contributed by atoms with Gasteiger partial charge in [-0.15, -0.1) is 0 Å². The van der Waals surface area contributed by atoms with Crippen molar-refractivity contribution in [2.45, 2.75) is 13.0 Å². The van der Waals surface area contributed by atoms with Crippen LogP contribution in [-0.2, 0) is 4.79 Å². The molecule has 1 saturated heterocycles. The summed E-state index contributed by atoms with van der Waals surface area (Å²) < 4.78 is 5.74. The summed E-state index contributed by atoms with van der Waals surface area (Å²) in [5.74, 6) is 0.790. The largest absolute Gasteiger partial charge is 0.481 e. The molecule has 0 radical (unpaired) electrons. The maximum atomic E-state index is 12.5. The van der Waals surface area contributed by atoms with Crippen molar-refractivity contribution in [2.75, 3.05) is 31.1 Å². The van der Waals surface area contributed by atoms with Gasteiger partial charge in [0.2, 0.25) is 0 Å². The Morgan fingerprint density at radius 2 is 1.48 bits per heavy atom. The number of para-hydroxylation sites is 2. The Hall–Kier alpha value is -2.49. The standard InChI is InChI=1S/C19H22N2O2/c1-16(23-18-10-6-3-7-11-18)19(22)21-14-12-20(13-15-21)17-8-4-2-5-9-17/h2-11,16H,12-15H2,1H3/t16-/m0/s1. The van der Waals surface area contributed by atoms with Gasteiger partial charge in [-0.2, -0.15) is 0 Å². The fourth-order valence-electron chi connectivity index (χ4n) is 2.83. The van der Waals surface area contributed by atoms with Gasteiger partial charge in [-0.25, -0.2) is 0 Å². The number of carbonyl (C=O) groups is 1. The van der Waals surface area contributed by atoms with Gasteiger partial charge in [-0.3, -0.25) is 4.79 Å². The molecule has 0 unspecified atom stereocenters. The van der Waals surface area contributed by atoms with Gasteiger partial charge in [0, 0.05) is 31.9 Å². The minimum Gasteiger partial charge on any atom is -0.481 e. The summed E-state index contributed by atoms with van der Waals surface area (Å²) in [6.45, 7) is 4.99. The summed E-state index contributed by atoms with van der Waals surface area (Å²) in [5, 5.41) is 0. The van der Waals surface area contributed by atoms with Gasteiger partial charge in [0.25, 0.3) is 5.91 Å². The summed E-state index contributed by atoms with van der Waals surface area (Å²) in [7, 11) is 0. The molecule has 1 aliphatic heterocycles. The number of ether oxygens (including phenoxy) is 1. The average molecular weight is 310 g/mol. The third-order valence-electron chi connectivity index (χ3n) is 4.12. The first-order valence-electron chi connectivity index (χ1n) is 8.04. The third kappa shape index (κ3) is 3.83. The molecular formula is C19H22N2O2. The smallest absolute Gasteiger partial charge is 0.263 e. The number of hydrogen-bond donors (Lipinski definition) is 0. The van der Waals surface area contributed by atoms with Crippen LogP contribution in [0.1, 0.15) is 6.92 Å². The highest BCUT2D eigenvalue weighted by atomic mass is 16.5. The Morgan fingerprint density at radius 1 is 0.913 bits per heavy atom. The third-order valence-corrected chi connectivity index (χ3v) is 4.12. The molecule has 0 aromatic heterocycles. The van der Waals surface area contributed by atoms with E-state index in [1.54, 1.807) is 0 Å². The molecule has 3 rings (SSSR count). The molecule has 4 heteroatoms. The van der Waals surface area contributed by atoms with Crippen LogP contribution < -0.4 is 9.64 Å². The minimum absolute atomic E-state index is 0.0570. The van der Waals surface area contributed by atoms with E-state index < -0.39 is 6.10 Å². The molecule has 23 heavy (non-hydrogen) atoms. The molecule has 1 atom stereocenters. The van der Waals surface area contributed by atoms with Crippen molar-refractivity contribution in [2.24, 2.45) is 0 Å². The first-order chi connectivity index (χ1) is 11.2. The van der Waals surface area contributed by atoms with E-state index in [-0.39, 0.29) is 5.91 Å². The molecule has 0 saturated carbocycles. The molecule has 2 aromatic rings. The molecule has 120 valence electrons. The number of nitrogens with zero attached hydrogens (tertiary/aromatic N) is 2. The molecule has 1 fully saturated rings. The fraction of sp³-hybridized carbons (Fsp3) is 0.316. The second kappa shape index (κ2) is 7.18. The lowest BCUT2D eigenvalue weighted by molar-refractivity contribution is -0.138. The number of anilines is 1. The lowest BCUT2D eigenvalue weighted by Gasteiger charge is -2.37. The topological polar surface area (TPSA) is 32.8 Å². The van der Waals surface area contributed by atoms with Crippen LogP contribution in [0.4, 0.5) is 5.69 Å². The van der Waals surface area contributed by atoms with Gasteiger partial charge in [0.05, 0.1) is 0 Å². The SMILES string of the molecule is C[C@H](Oc1ccccc1)C(=O)N1CCN(c2ccccc2)CC1. The van der Waals surface area contributed by atoms with E-state index in [0.717, 1.165) is 31.9 Å². The maximum Gasteiger partial charge on any atom is 0.263 e. The van der Waals surface area contributed by atoms with Crippen LogP contribution in [0.3, 0.4) is 0 Å². The molecule has 0 N–H and O–H groups in total.